The highest BCUT2D eigenvalue weighted by Crippen LogP contribution is 2.26. The Kier molecular flexibility index (Phi) is 5.61. The second kappa shape index (κ2) is 7.91. The Bertz CT molecular complexity index is 794. The Morgan fingerprint density at radius 3 is 2.62 bits per heavy atom. The van der Waals surface area contributed by atoms with Gasteiger partial charge in [-0.1, -0.05) is 43.6 Å². The first kappa shape index (κ1) is 18.5. The summed E-state index contributed by atoms with van der Waals surface area (Å²) in [4.78, 5) is 26.4. The molecule has 6 nitrogen and oxygen atoms in total. The number of likely N-dealkylation sites (tertiary alicyclic amines) is 1. The molecule has 26 heavy (non-hydrogen) atoms. The Morgan fingerprint density at radius 2 is 1.96 bits per heavy atom. The van der Waals surface area contributed by atoms with Crippen LogP contribution in [-0.4, -0.2) is 46.0 Å². The maximum Gasteiger partial charge on any atom is 0.269 e. The van der Waals surface area contributed by atoms with Gasteiger partial charge in [-0.05, 0) is 25.0 Å². The Morgan fingerprint density at radius 1 is 1.27 bits per heavy atom. The first-order valence-corrected chi connectivity index (χ1v) is 9.23. The van der Waals surface area contributed by atoms with E-state index in [4.69, 9.17) is 11.6 Å². The number of carbonyl (C=O) groups is 2. The molecule has 0 spiro atoms. The maximum atomic E-state index is 12.5. The fourth-order valence-corrected chi connectivity index (χ4v) is 3.35. The fraction of sp³-hybridized carbons (Fsp3) is 0.421. The number of H-pyrrole nitrogens is 1. The summed E-state index contributed by atoms with van der Waals surface area (Å²) in [6.07, 6.45) is 1.52. The molecule has 1 aromatic heterocycles. The number of aromatic amines is 1. The van der Waals surface area contributed by atoms with Crippen molar-refractivity contribution in [2.24, 2.45) is 5.92 Å². The molecule has 138 valence electrons. The highest BCUT2D eigenvalue weighted by atomic mass is 35.5. The van der Waals surface area contributed by atoms with Crippen molar-refractivity contribution in [1.82, 2.24) is 20.4 Å². The van der Waals surface area contributed by atoms with E-state index in [0.717, 1.165) is 18.4 Å². The van der Waals surface area contributed by atoms with Crippen molar-refractivity contribution < 1.29 is 9.59 Å². The number of rotatable bonds is 4. The van der Waals surface area contributed by atoms with Crippen molar-refractivity contribution in [2.45, 2.75) is 32.7 Å². The monoisotopic (exact) mass is 374 g/mol. The van der Waals surface area contributed by atoms with Crippen LogP contribution in [-0.2, 0) is 4.79 Å². The average molecular weight is 375 g/mol. The van der Waals surface area contributed by atoms with Gasteiger partial charge in [0.25, 0.3) is 5.91 Å². The molecule has 0 aliphatic carbocycles. The molecule has 2 N–H and O–H groups in total. The number of hydrogen-bond acceptors (Lipinski definition) is 3. The van der Waals surface area contributed by atoms with E-state index in [1.54, 1.807) is 12.1 Å². The van der Waals surface area contributed by atoms with Crippen molar-refractivity contribution >= 4 is 23.4 Å². The fourth-order valence-electron chi connectivity index (χ4n) is 3.12. The van der Waals surface area contributed by atoms with Gasteiger partial charge in [-0.3, -0.25) is 14.7 Å². The molecule has 2 amide bonds. The molecule has 7 heteroatoms. The van der Waals surface area contributed by atoms with Gasteiger partial charge in [0.1, 0.15) is 5.69 Å². The summed E-state index contributed by atoms with van der Waals surface area (Å²) in [6.45, 7) is 5.17. The standard InChI is InChI=1S/C19H23ClN4O2/c1-12(2)19(26)24-9-7-13(8-10-24)21-18(25)17-11-16(22-23-17)14-5-3-4-6-15(14)20/h3-6,11-13H,7-10H2,1-2H3,(H,21,25)(H,22,23). The van der Waals surface area contributed by atoms with Crippen molar-refractivity contribution in [3.05, 3.63) is 41.0 Å². The summed E-state index contributed by atoms with van der Waals surface area (Å²) in [5, 5.41) is 10.6. The molecule has 1 fully saturated rings. The molecule has 0 unspecified atom stereocenters. The molecule has 1 aromatic carbocycles. The number of benzene rings is 1. The molecule has 0 saturated carbocycles. The molecule has 3 rings (SSSR count). The molecule has 0 atom stereocenters. The second-order valence-corrected chi connectivity index (χ2v) is 7.28. The molecule has 1 aliphatic heterocycles. The molecule has 1 aliphatic rings. The topological polar surface area (TPSA) is 78.1 Å². The lowest BCUT2D eigenvalue weighted by atomic mass is 10.0. The summed E-state index contributed by atoms with van der Waals surface area (Å²) in [7, 11) is 0. The van der Waals surface area contributed by atoms with Crippen LogP contribution in [0.4, 0.5) is 0 Å². The van der Waals surface area contributed by atoms with E-state index in [-0.39, 0.29) is 23.8 Å². The first-order chi connectivity index (χ1) is 12.5. The van der Waals surface area contributed by atoms with Gasteiger partial charge in [0.2, 0.25) is 5.91 Å². The van der Waals surface area contributed by atoms with Crippen LogP contribution < -0.4 is 5.32 Å². The molecule has 1 saturated heterocycles. The number of nitrogens with one attached hydrogen (secondary N) is 2. The van der Waals surface area contributed by atoms with Crippen molar-refractivity contribution in [2.75, 3.05) is 13.1 Å². The van der Waals surface area contributed by atoms with Gasteiger partial charge in [0.05, 0.1) is 10.7 Å². The van der Waals surface area contributed by atoms with Crippen molar-refractivity contribution in [3.63, 3.8) is 0 Å². The van der Waals surface area contributed by atoms with E-state index in [9.17, 15) is 9.59 Å². The zero-order valence-corrected chi connectivity index (χ0v) is 15.7. The lowest BCUT2D eigenvalue weighted by molar-refractivity contribution is -0.135. The van der Waals surface area contributed by atoms with Gasteiger partial charge in [-0.2, -0.15) is 5.10 Å². The van der Waals surface area contributed by atoms with Gasteiger partial charge >= 0.3 is 0 Å². The SMILES string of the molecule is CC(C)C(=O)N1CCC(NC(=O)c2cc(-c3ccccc3Cl)n[nH]2)CC1. The Labute approximate surface area is 157 Å². The third-order valence-corrected chi connectivity index (χ3v) is 4.94. The van der Waals surface area contributed by atoms with E-state index >= 15 is 0 Å². The van der Waals surface area contributed by atoms with Crippen LogP contribution in [0.15, 0.2) is 30.3 Å². The quantitative estimate of drug-likeness (QED) is 0.863. The number of aromatic nitrogens is 2. The first-order valence-electron chi connectivity index (χ1n) is 8.85. The van der Waals surface area contributed by atoms with Crippen LogP contribution in [0.1, 0.15) is 37.2 Å². The van der Waals surface area contributed by atoms with E-state index in [2.05, 4.69) is 15.5 Å². The summed E-state index contributed by atoms with van der Waals surface area (Å²) >= 11 is 6.18. The lowest BCUT2D eigenvalue weighted by Crippen LogP contribution is -2.47. The van der Waals surface area contributed by atoms with Crippen LogP contribution in [0, 0.1) is 5.92 Å². The summed E-state index contributed by atoms with van der Waals surface area (Å²) in [6, 6.07) is 9.14. The third kappa shape index (κ3) is 4.07. The summed E-state index contributed by atoms with van der Waals surface area (Å²) in [5.41, 5.74) is 1.82. The van der Waals surface area contributed by atoms with Crippen LogP contribution in [0.25, 0.3) is 11.3 Å². The number of amides is 2. The minimum atomic E-state index is -0.190. The molecule has 2 heterocycles. The predicted molar refractivity (Wildman–Crippen MR) is 101 cm³/mol. The number of halogens is 1. The molecule has 0 bridgehead atoms. The average Bonchev–Trinajstić information content (AvgIpc) is 3.12. The molecule has 0 radical (unpaired) electrons. The minimum absolute atomic E-state index is 0.00867. The van der Waals surface area contributed by atoms with E-state index < -0.39 is 0 Å². The second-order valence-electron chi connectivity index (χ2n) is 6.87. The summed E-state index contributed by atoms with van der Waals surface area (Å²) in [5.74, 6) is -0.00784. The van der Waals surface area contributed by atoms with Crippen LogP contribution in [0.3, 0.4) is 0 Å². The van der Waals surface area contributed by atoms with Crippen molar-refractivity contribution in [1.29, 1.82) is 0 Å². The third-order valence-electron chi connectivity index (χ3n) is 4.61. The van der Waals surface area contributed by atoms with E-state index in [0.29, 0.717) is 29.5 Å². The van der Waals surface area contributed by atoms with Gasteiger partial charge < -0.3 is 10.2 Å². The zero-order chi connectivity index (χ0) is 18.7. The zero-order valence-electron chi connectivity index (χ0n) is 15.0. The smallest absolute Gasteiger partial charge is 0.269 e. The predicted octanol–water partition coefficient (Wildman–Crippen LogP) is 3.11. The number of nitrogens with zero attached hydrogens (tertiary/aromatic N) is 2. The van der Waals surface area contributed by atoms with Gasteiger partial charge in [0.15, 0.2) is 0 Å². The largest absolute Gasteiger partial charge is 0.348 e. The van der Waals surface area contributed by atoms with Gasteiger partial charge in [0, 0.05) is 30.6 Å². The maximum absolute atomic E-state index is 12.5. The van der Waals surface area contributed by atoms with Crippen molar-refractivity contribution in [3.8, 4) is 11.3 Å². The highest BCUT2D eigenvalue weighted by Gasteiger charge is 2.25. The molecular weight excluding hydrogens is 352 g/mol. The van der Waals surface area contributed by atoms with Crippen LogP contribution in [0.2, 0.25) is 5.02 Å². The number of piperidine rings is 1. The molecule has 2 aromatic rings. The normalized spacial score (nSPS) is 15.3. The summed E-state index contributed by atoms with van der Waals surface area (Å²) < 4.78 is 0. The lowest BCUT2D eigenvalue weighted by Gasteiger charge is -2.33. The Balaban J connectivity index is 1.58. The highest BCUT2D eigenvalue weighted by molar-refractivity contribution is 6.33. The Hall–Kier alpha value is -2.34. The van der Waals surface area contributed by atoms with Gasteiger partial charge in [-0.25, -0.2) is 0 Å². The van der Waals surface area contributed by atoms with Gasteiger partial charge in [-0.15, -0.1) is 0 Å². The van der Waals surface area contributed by atoms with E-state index in [1.807, 2.05) is 36.9 Å². The molecular formula is C19H23ClN4O2. The number of hydrogen-bond donors (Lipinski definition) is 2. The van der Waals surface area contributed by atoms with Crippen LogP contribution >= 0.6 is 11.6 Å². The van der Waals surface area contributed by atoms with E-state index in [1.165, 1.54) is 0 Å². The minimum Gasteiger partial charge on any atom is -0.348 e. The number of carbonyl (C=O) groups excluding carboxylic acids is 2. The van der Waals surface area contributed by atoms with Crippen LogP contribution in [0.5, 0.6) is 0 Å².